The van der Waals surface area contributed by atoms with Crippen LogP contribution >= 0.6 is 15.9 Å². The fourth-order valence-electron chi connectivity index (χ4n) is 3.93. The molecule has 0 aliphatic rings. The van der Waals surface area contributed by atoms with Crippen LogP contribution in [0.1, 0.15) is 69.2 Å². The van der Waals surface area contributed by atoms with Crippen LogP contribution in [0.2, 0.25) is 0 Å². The van der Waals surface area contributed by atoms with Gasteiger partial charge in [0.05, 0.1) is 0 Å². The van der Waals surface area contributed by atoms with Crippen molar-refractivity contribution in [3.63, 3.8) is 0 Å². The number of hydrogen-bond acceptors (Lipinski definition) is 5. The van der Waals surface area contributed by atoms with E-state index in [1.807, 2.05) is 45.0 Å². The molecule has 7 heteroatoms. The van der Waals surface area contributed by atoms with Crippen molar-refractivity contribution in [1.29, 1.82) is 0 Å². The minimum absolute atomic E-state index is 0.116. The molecule has 0 heterocycles. The molecule has 182 valence electrons. The van der Waals surface area contributed by atoms with E-state index in [1.54, 1.807) is 34.6 Å². The highest BCUT2D eigenvalue weighted by atomic mass is 79.9. The molecular formula is C26H35BrO5S. The van der Waals surface area contributed by atoms with Gasteiger partial charge in [0.1, 0.15) is 10.5 Å². The summed E-state index contributed by atoms with van der Waals surface area (Å²) < 4.78 is 39.1. The number of carbonyl (C=O) groups excluding carboxylic acids is 1. The molecule has 0 aliphatic carbocycles. The number of hydrogen-bond donors (Lipinski definition) is 0. The van der Waals surface area contributed by atoms with Gasteiger partial charge in [0.25, 0.3) is 10.1 Å². The van der Waals surface area contributed by atoms with Crippen LogP contribution in [0, 0.1) is 27.7 Å². The van der Waals surface area contributed by atoms with E-state index in [0.29, 0.717) is 17.5 Å². The minimum atomic E-state index is -4.24. The third-order valence-corrected chi connectivity index (χ3v) is 7.74. The quantitative estimate of drug-likeness (QED) is 0.268. The Labute approximate surface area is 207 Å². The molecule has 0 N–H and O–H groups in total. The van der Waals surface area contributed by atoms with Crippen LogP contribution in [0.4, 0.5) is 0 Å². The summed E-state index contributed by atoms with van der Waals surface area (Å²) in [5, 5.41) is 0. The lowest BCUT2D eigenvalue weighted by atomic mass is 9.90. The molecule has 0 spiro atoms. The molecule has 0 saturated carbocycles. The van der Waals surface area contributed by atoms with Crippen LogP contribution in [-0.2, 0) is 23.8 Å². The SMILES string of the molecule is CCCCC(OS(=O)(=O)c1c(C)c(C)c(C)c(-c2cccc(Br)c2)c1C)C(=O)OC(C)(C)C. The van der Waals surface area contributed by atoms with Crippen LogP contribution in [-0.4, -0.2) is 26.1 Å². The van der Waals surface area contributed by atoms with E-state index < -0.39 is 27.8 Å². The number of unbranched alkanes of at least 4 members (excludes halogenated alkanes) is 1. The first kappa shape index (κ1) is 27.5. The van der Waals surface area contributed by atoms with Crippen molar-refractivity contribution >= 4 is 32.0 Å². The Morgan fingerprint density at radius 1 is 1.03 bits per heavy atom. The number of benzene rings is 2. The fraction of sp³-hybridized carbons (Fsp3) is 0.500. The Morgan fingerprint density at radius 3 is 2.21 bits per heavy atom. The van der Waals surface area contributed by atoms with Crippen molar-refractivity contribution in [2.24, 2.45) is 0 Å². The zero-order chi connectivity index (χ0) is 25.1. The van der Waals surface area contributed by atoms with Crippen molar-refractivity contribution in [2.45, 2.75) is 91.3 Å². The molecule has 33 heavy (non-hydrogen) atoms. The van der Waals surface area contributed by atoms with Gasteiger partial charge in [-0.25, -0.2) is 4.79 Å². The van der Waals surface area contributed by atoms with Gasteiger partial charge in [-0.15, -0.1) is 0 Å². The first-order valence-electron chi connectivity index (χ1n) is 11.2. The van der Waals surface area contributed by atoms with Gasteiger partial charge in [-0.1, -0.05) is 47.8 Å². The van der Waals surface area contributed by atoms with Crippen LogP contribution in [0.3, 0.4) is 0 Å². The monoisotopic (exact) mass is 538 g/mol. The molecule has 2 rings (SSSR count). The molecular weight excluding hydrogens is 504 g/mol. The lowest BCUT2D eigenvalue weighted by molar-refractivity contribution is -0.163. The van der Waals surface area contributed by atoms with Gasteiger partial charge >= 0.3 is 5.97 Å². The summed E-state index contributed by atoms with van der Waals surface area (Å²) in [5.41, 5.74) is 4.14. The van der Waals surface area contributed by atoms with Crippen LogP contribution in [0.15, 0.2) is 33.6 Å². The molecule has 2 aromatic rings. The summed E-state index contributed by atoms with van der Waals surface area (Å²) in [4.78, 5) is 12.9. The van der Waals surface area contributed by atoms with Gasteiger partial charge in [0.2, 0.25) is 0 Å². The Morgan fingerprint density at radius 2 is 1.67 bits per heavy atom. The van der Waals surface area contributed by atoms with Crippen molar-refractivity contribution in [1.82, 2.24) is 0 Å². The number of carbonyl (C=O) groups is 1. The third kappa shape index (κ3) is 6.67. The number of esters is 1. The number of rotatable bonds is 8. The van der Waals surface area contributed by atoms with Gasteiger partial charge in [-0.3, -0.25) is 4.18 Å². The Bertz CT molecular complexity index is 1130. The molecule has 0 aromatic heterocycles. The van der Waals surface area contributed by atoms with E-state index in [9.17, 15) is 13.2 Å². The van der Waals surface area contributed by atoms with E-state index in [0.717, 1.165) is 33.1 Å². The zero-order valence-electron chi connectivity index (χ0n) is 20.8. The molecule has 1 unspecified atom stereocenters. The van der Waals surface area contributed by atoms with Crippen LogP contribution in [0.25, 0.3) is 11.1 Å². The topological polar surface area (TPSA) is 69.7 Å². The largest absolute Gasteiger partial charge is 0.458 e. The predicted octanol–water partition coefficient (Wildman–Crippen LogP) is 6.96. The van der Waals surface area contributed by atoms with E-state index in [-0.39, 0.29) is 11.3 Å². The summed E-state index contributed by atoms with van der Waals surface area (Å²) in [6, 6.07) is 7.76. The van der Waals surface area contributed by atoms with Crippen molar-refractivity contribution in [2.75, 3.05) is 0 Å². The molecule has 2 aromatic carbocycles. The third-order valence-electron chi connectivity index (χ3n) is 5.65. The van der Waals surface area contributed by atoms with Gasteiger partial charge < -0.3 is 4.74 Å². The molecule has 0 bridgehead atoms. The van der Waals surface area contributed by atoms with Crippen molar-refractivity contribution < 1.29 is 22.1 Å². The Hall–Kier alpha value is -1.70. The van der Waals surface area contributed by atoms with Crippen LogP contribution in [0.5, 0.6) is 0 Å². The number of ether oxygens (including phenoxy) is 1. The molecule has 0 radical (unpaired) electrons. The highest BCUT2D eigenvalue weighted by Gasteiger charge is 2.34. The maximum absolute atomic E-state index is 13.6. The van der Waals surface area contributed by atoms with Gasteiger partial charge in [-0.2, -0.15) is 8.42 Å². The average Bonchev–Trinajstić information content (AvgIpc) is 2.68. The zero-order valence-corrected chi connectivity index (χ0v) is 23.2. The summed E-state index contributed by atoms with van der Waals surface area (Å²) in [7, 11) is -4.24. The van der Waals surface area contributed by atoms with Crippen LogP contribution < -0.4 is 0 Å². The second kappa shape index (κ2) is 10.7. The normalized spacial score (nSPS) is 13.1. The molecule has 0 fully saturated rings. The van der Waals surface area contributed by atoms with E-state index >= 15 is 0 Å². The van der Waals surface area contributed by atoms with E-state index in [2.05, 4.69) is 15.9 Å². The molecule has 1 atom stereocenters. The fourth-order valence-corrected chi connectivity index (χ4v) is 5.91. The van der Waals surface area contributed by atoms with Crippen molar-refractivity contribution in [3.8, 4) is 11.1 Å². The lowest BCUT2D eigenvalue weighted by Gasteiger charge is -2.25. The summed E-state index contributed by atoms with van der Waals surface area (Å²) in [5.74, 6) is -0.661. The Balaban J connectivity index is 2.62. The second-order valence-corrected chi connectivity index (χ2v) is 11.9. The summed E-state index contributed by atoms with van der Waals surface area (Å²) >= 11 is 3.50. The Kier molecular flexibility index (Phi) is 8.93. The lowest BCUT2D eigenvalue weighted by Crippen LogP contribution is -2.35. The molecule has 0 amide bonds. The number of halogens is 1. The average molecular weight is 540 g/mol. The van der Waals surface area contributed by atoms with Gasteiger partial charge in [-0.05, 0) is 100 Å². The first-order chi connectivity index (χ1) is 15.2. The highest BCUT2D eigenvalue weighted by molar-refractivity contribution is 9.10. The standard InChI is InChI=1S/C26H35BrO5S/c1-9-10-14-22(25(28)31-26(6,7)8)32-33(29,30)24-18(4)16(2)17(3)23(19(24)5)20-12-11-13-21(27)15-20/h11-13,15,22H,9-10,14H2,1-8H3. The summed E-state index contributed by atoms with van der Waals surface area (Å²) in [6.07, 6.45) is 0.529. The summed E-state index contributed by atoms with van der Waals surface area (Å²) in [6.45, 7) is 14.7. The molecule has 5 nitrogen and oxygen atoms in total. The highest BCUT2D eigenvalue weighted by Crippen LogP contribution is 2.38. The molecule has 0 aliphatic heterocycles. The predicted molar refractivity (Wildman–Crippen MR) is 136 cm³/mol. The minimum Gasteiger partial charge on any atom is -0.458 e. The van der Waals surface area contributed by atoms with E-state index in [4.69, 9.17) is 8.92 Å². The maximum atomic E-state index is 13.6. The molecule has 0 saturated heterocycles. The first-order valence-corrected chi connectivity index (χ1v) is 13.4. The van der Waals surface area contributed by atoms with Gasteiger partial charge in [0.15, 0.2) is 6.10 Å². The second-order valence-electron chi connectivity index (χ2n) is 9.43. The van der Waals surface area contributed by atoms with Crippen molar-refractivity contribution in [3.05, 3.63) is 51.0 Å². The van der Waals surface area contributed by atoms with Gasteiger partial charge in [0, 0.05) is 4.47 Å². The smallest absolute Gasteiger partial charge is 0.337 e. The maximum Gasteiger partial charge on any atom is 0.337 e. The van der Waals surface area contributed by atoms with E-state index in [1.165, 1.54) is 0 Å².